The van der Waals surface area contributed by atoms with E-state index in [1.54, 1.807) is 0 Å². The molecular weight excluding hydrogens is 110 g/mol. The van der Waals surface area contributed by atoms with E-state index in [1.807, 2.05) is 20.2 Å². The van der Waals surface area contributed by atoms with Gasteiger partial charge in [-0.3, -0.25) is 0 Å². The van der Waals surface area contributed by atoms with Gasteiger partial charge in [0.1, 0.15) is 0 Å². The summed E-state index contributed by atoms with van der Waals surface area (Å²) in [6.07, 6.45) is 5.72. The lowest BCUT2D eigenvalue weighted by molar-refractivity contribution is 0.816. The maximum absolute atomic E-state index is 3.60. The van der Waals surface area contributed by atoms with E-state index in [4.69, 9.17) is 0 Å². The van der Waals surface area contributed by atoms with Crippen LogP contribution in [0.25, 0.3) is 0 Å². The third-order valence-corrected chi connectivity index (χ3v) is 0.762. The number of allylic oxidation sites excluding steroid dienone is 1. The van der Waals surface area contributed by atoms with Crippen LogP contribution in [0.4, 0.5) is 0 Å². The van der Waals surface area contributed by atoms with Crippen LogP contribution in [-0.2, 0) is 0 Å². The second kappa shape index (κ2) is 15.6. The summed E-state index contributed by atoms with van der Waals surface area (Å²) in [5, 5.41) is 2.75. The Kier molecular flexibility index (Phi) is 20.0. The zero-order chi connectivity index (χ0) is 7.54. The van der Waals surface area contributed by atoms with Crippen LogP contribution in [0.3, 0.4) is 0 Å². The highest BCUT2D eigenvalue weighted by Gasteiger charge is 1.71. The minimum absolute atomic E-state index is 1.18. The summed E-state index contributed by atoms with van der Waals surface area (Å²) in [5.41, 5.74) is 0. The van der Waals surface area contributed by atoms with Crippen molar-refractivity contribution in [2.45, 2.75) is 26.2 Å². The quantitative estimate of drug-likeness (QED) is 0.455. The fourth-order valence-electron chi connectivity index (χ4n) is 0.348. The lowest BCUT2D eigenvalue weighted by Gasteiger charge is -1.81. The standard InChI is InChI=1S/C6H12.C2H7N/c1-3-5-6-4-2;1-3-2/h3H,1,4-6H2,2H3;3H,1-2H3. The van der Waals surface area contributed by atoms with E-state index in [0.717, 1.165) is 0 Å². The first-order valence-corrected chi connectivity index (χ1v) is 3.52. The molecule has 0 aromatic carbocycles. The summed E-state index contributed by atoms with van der Waals surface area (Å²) in [4.78, 5) is 0. The van der Waals surface area contributed by atoms with Crippen LogP contribution in [0.15, 0.2) is 12.7 Å². The summed E-state index contributed by atoms with van der Waals surface area (Å²) >= 11 is 0. The molecule has 0 heterocycles. The maximum atomic E-state index is 3.60. The second-order valence-corrected chi connectivity index (χ2v) is 1.93. The fraction of sp³-hybridized carbons (Fsp3) is 0.750. The molecule has 9 heavy (non-hydrogen) atoms. The summed E-state index contributed by atoms with van der Waals surface area (Å²) in [6.45, 7) is 5.78. The Morgan fingerprint density at radius 1 is 1.44 bits per heavy atom. The van der Waals surface area contributed by atoms with Gasteiger partial charge in [0.2, 0.25) is 0 Å². The molecule has 0 aromatic rings. The van der Waals surface area contributed by atoms with Gasteiger partial charge in [-0.1, -0.05) is 25.8 Å². The van der Waals surface area contributed by atoms with E-state index < -0.39 is 0 Å². The van der Waals surface area contributed by atoms with Crippen molar-refractivity contribution in [1.29, 1.82) is 0 Å². The summed E-state index contributed by atoms with van der Waals surface area (Å²) in [7, 11) is 3.75. The zero-order valence-electron chi connectivity index (χ0n) is 6.91. The predicted molar refractivity (Wildman–Crippen MR) is 44.7 cm³/mol. The molecule has 0 aliphatic heterocycles. The van der Waals surface area contributed by atoms with Crippen LogP contribution in [0, 0.1) is 0 Å². The average molecular weight is 129 g/mol. The average Bonchev–Trinajstić information content (AvgIpc) is 1.86. The first-order valence-electron chi connectivity index (χ1n) is 3.52. The molecule has 1 heteroatoms. The molecule has 0 atom stereocenters. The van der Waals surface area contributed by atoms with E-state index in [-0.39, 0.29) is 0 Å². The van der Waals surface area contributed by atoms with E-state index in [0.29, 0.717) is 0 Å². The molecule has 0 radical (unpaired) electrons. The molecule has 0 bridgehead atoms. The van der Waals surface area contributed by atoms with E-state index >= 15 is 0 Å². The number of hydrogen-bond acceptors (Lipinski definition) is 1. The van der Waals surface area contributed by atoms with Crippen LogP contribution in [-0.4, -0.2) is 14.1 Å². The molecule has 0 aromatic heterocycles. The molecule has 0 spiro atoms. The third kappa shape index (κ3) is 34.3. The molecule has 0 saturated carbocycles. The summed E-state index contributed by atoms with van der Waals surface area (Å²) < 4.78 is 0. The molecule has 1 nitrogen and oxygen atoms in total. The highest BCUT2D eigenvalue weighted by Crippen LogP contribution is 1.91. The lowest BCUT2D eigenvalue weighted by atomic mass is 10.3. The van der Waals surface area contributed by atoms with Gasteiger partial charge in [-0.15, -0.1) is 6.58 Å². The van der Waals surface area contributed by atoms with Gasteiger partial charge >= 0.3 is 0 Å². The van der Waals surface area contributed by atoms with Gasteiger partial charge in [0, 0.05) is 0 Å². The van der Waals surface area contributed by atoms with E-state index in [2.05, 4.69) is 18.8 Å². The van der Waals surface area contributed by atoms with Gasteiger partial charge in [0.25, 0.3) is 0 Å². The van der Waals surface area contributed by atoms with Crippen molar-refractivity contribution in [3.05, 3.63) is 12.7 Å². The topological polar surface area (TPSA) is 12.0 Å². The molecule has 0 saturated heterocycles. The first-order chi connectivity index (χ1) is 4.33. The van der Waals surface area contributed by atoms with Crippen LogP contribution in [0.1, 0.15) is 26.2 Å². The van der Waals surface area contributed by atoms with Crippen molar-refractivity contribution in [2.75, 3.05) is 14.1 Å². The Balaban J connectivity index is 0. The van der Waals surface area contributed by atoms with Crippen molar-refractivity contribution in [3.8, 4) is 0 Å². The number of unbranched alkanes of at least 4 members (excludes halogenated alkanes) is 2. The number of nitrogens with one attached hydrogen (secondary N) is 1. The van der Waals surface area contributed by atoms with Crippen molar-refractivity contribution in [3.63, 3.8) is 0 Å². The summed E-state index contributed by atoms with van der Waals surface area (Å²) in [6, 6.07) is 0. The minimum atomic E-state index is 1.18. The van der Waals surface area contributed by atoms with Gasteiger partial charge in [0.15, 0.2) is 0 Å². The Labute approximate surface area is 59.2 Å². The molecule has 0 fully saturated rings. The SMILES string of the molecule is C=CCCCC.CNC. The van der Waals surface area contributed by atoms with Crippen molar-refractivity contribution >= 4 is 0 Å². The Hall–Kier alpha value is -0.300. The second-order valence-electron chi connectivity index (χ2n) is 1.93. The van der Waals surface area contributed by atoms with Crippen molar-refractivity contribution < 1.29 is 0 Å². The Morgan fingerprint density at radius 2 is 1.89 bits per heavy atom. The van der Waals surface area contributed by atoms with E-state index in [9.17, 15) is 0 Å². The molecular formula is C8H19N. The Bertz CT molecular complexity index is 41.8. The fourth-order valence-corrected chi connectivity index (χ4v) is 0.348. The molecule has 0 rings (SSSR count). The van der Waals surface area contributed by atoms with Crippen molar-refractivity contribution in [2.24, 2.45) is 0 Å². The molecule has 0 aliphatic carbocycles. The third-order valence-electron chi connectivity index (χ3n) is 0.762. The van der Waals surface area contributed by atoms with Gasteiger partial charge in [-0.05, 0) is 20.5 Å². The minimum Gasteiger partial charge on any atom is -0.323 e. The predicted octanol–water partition coefficient (Wildman–Crippen LogP) is 2.20. The van der Waals surface area contributed by atoms with Gasteiger partial charge in [-0.25, -0.2) is 0 Å². The molecule has 0 amide bonds. The van der Waals surface area contributed by atoms with Crippen molar-refractivity contribution in [1.82, 2.24) is 5.32 Å². The zero-order valence-corrected chi connectivity index (χ0v) is 6.91. The Morgan fingerprint density at radius 3 is 2.00 bits per heavy atom. The highest BCUT2D eigenvalue weighted by molar-refractivity contribution is 4.64. The smallest absolute Gasteiger partial charge is 0.0167 e. The van der Waals surface area contributed by atoms with E-state index in [1.165, 1.54) is 19.3 Å². The monoisotopic (exact) mass is 129 g/mol. The first kappa shape index (κ1) is 11.5. The molecule has 56 valence electrons. The molecule has 0 aliphatic rings. The van der Waals surface area contributed by atoms with Gasteiger partial charge in [-0.2, -0.15) is 0 Å². The largest absolute Gasteiger partial charge is 0.323 e. The van der Waals surface area contributed by atoms with Crippen LogP contribution in [0.2, 0.25) is 0 Å². The number of rotatable bonds is 3. The van der Waals surface area contributed by atoms with Crippen LogP contribution >= 0.6 is 0 Å². The highest BCUT2D eigenvalue weighted by atomic mass is 14.7. The molecule has 0 unspecified atom stereocenters. The van der Waals surface area contributed by atoms with Crippen LogP contribution < -0.4 is 5.32 Å². The van der Waals surface area contributed by atoms with Gasteiger partial charge < -0.3 is 5.32 Å². The normalized spacial score (nSPS) is 7.44. The summed E-state index contributed by atoms with van der Waals surface area (Å²) in [5.74, 6) is 0. The molecule has 1 N–H and O–H groups in total. The maximum Gasteiger partial charge on any atom is -0.0167 e. The lowest BCUT2D eigenvalue weighted by Crippen LogP contribution is -1.89. The number of hydrogen-bond donors (Lipinski definition) is 1. The van der Waals surface area contributed by atoms with Crippen LogP contribution in [0.5, 0.6) is 0 Å². The van der Waals surface area contributed by atoms with Gasteiger partial charge in [0.05, 0.1) is 0 Å².